The van der Waals surface area contributed by atoms with Crippen LogP contribution in [-0.2, 0) is 4.79 Å². The van der Waals surface area contributed by atoms with Gasteiger partial charge >= 0.3 is 11.8 Å². The Morgan fingerprint density at radius 2 is 1.90 bits per heavy atom. The van der Waals surface area contributed by atoms with Gasteiger partial charge in [-0.3, -0.25) is 4.79 Å². The van der Waals surface area contributed by atoms with Gasteiger partial charge in [0.2, 0.25) is 5.69 Å². The number of hydrazone groups is 1. The Morgan fingerprint density at radius 3 is 2.47 bits per heavy atom. The third-order valence-corrected chi connectivity index (χ3v) is 4.56. The summed E-state index contributed by atoms with van der Waals surface area (Å²) in [7, 11) is 1.53. The highest BCUT2D eigenvalue weighted by Gasteiger charge is 2.36. The van der Waals surface area contributed by atoms with E-state index in [2.05, 4.69) is 16.2 Å². The van der Waals surface area contributed by atoms with Crippen LogP contribution in [0.3, 0.4) is 0 Å². The van der Waals surface area contributed by atoms with Gasteiger partial charge in [0.05, 0.1) is 29.9 Å². The zero-order valence-corrected chi connectivity index (χ0v) is 16.9. The molecule has 0 fully saturated rings. The van der Waals surface area contributed by atoms with Gasteiger partial charge in [-0.1, -0.05) is 0 Å². The van der Waals surface area contributed by atoms with E-state index in [4.69, 9.17) is 4.74 Å². The zero-order valence-electron chi connectivity index (χ0n) is 16.9. The number of ether oxygens (including phenoxy) is 1. The maximum absolute atomic E-state index is 13.4. The first-order valence-electron chi connectivity index (χ1n) is 9.05. The number of methoxy groups -OCH3 is 1. The van der Waals surface area contributed by atoms with Gasteiger partial charge in [0.1, 0.15) is 17.2 Å². The smallest absolute Gasteiger partial charge is 0.324 e. The molecule has 1 heterocycles. The molecule has 30 heavy (non-hydrogen) atoms. The van der Waals surface area contributed by atoms with E-state index in [0.29, 0.717) is 40.9 Å². The Balaban J connectivity index is 2.27. The predicted molar refractivity (Wildman–Crippen MR) is 109 cm³/mol. The lowest BCUT2D eigenvalue weighted by Crippen LogP contribution is -2.27. The minimum atomic E-state index is -3.59. The van der Waals surface area contributed by atoms with Gasteiger partial charge in [0.15, 0.2) is 0 Å². The molecule has 1 amide bonds. The van der Waals surface area contributed by atoms with Gasteiger partial charge in [0.25, 0.3) is 5.71 Å². The molecule has 0 N–H and O–H groups in total. The maximum Gasteiger partial charge on any atom is 0.324 e. The lowest BCUT2D eigenvalue weighted by molar-refractivity contribution is -0.438. The summed E-state index contributed by atoms with van der Waals surface area (Å²) in [6.07, 6.45) is 0. The van der Waals surface area contributed by atoms with Crippen molar-refractivity contribution in [1.82, 2.24) is 0 Å². The number of hydrogen-bond acceptors (Lipinski definition) is 4. The molecular weight excluding hydrogens is 390 g/mol. The molecule has 0 saturated carbocycles. The molecule has 0 bridgehead atoms. The molecular formula is C22H19F2N4O2+. The van der Waals surface area contributed by atoms with Crippen molar-refractivity contribution in [2.75, 3.05) is 7.11 Å². The van der Waals surface area contributed by atoms with Crippen molar-refractivity contribution in [2.45, 2.75) is 26.7 Å². The number of halogens is 2. The predicted octanol–water partition coefficient (Wildman–Crippen LogP) is 4.08. The Bertz CT molecular complexity index is 1150. The zero-order chi connectivity index (χ0) is 22.1. The van der Waals surface area contributed by atoms with Crippen LogP contribution in [0, 0.1) is 11.3 Å². The third kappa shape index (κ3) is 4.01. The minimum Gasteiger partial charge on any atom is -0.497 e. The van der Waals surface area contributed by atoms with Crippen molar-refractivity contribution in [3.05, 3.63) is 59.2 Å². The lowest BCUT2D eigenvalue weighted by atomic mass is 10.0. The Labute approximate surface area is 172 Å². The van der Waals surface area contributed by atoms with Crippen LogP contribution in [0.1, 0.15) is 37.5 Å². The molecule has 0 radical (unpaired) electrons. The summed E-state index contributed by atoms with van der Waals surface area (Å²) >= 11 is 0. The highest BCUT2D eigenvalue weighted by Crippen LogP contribution is 2.29. The fourth-order valence-electron chi connectivity index (χ4n) is 3.05. The topological polar surface area (TPSA) is 77.8 Å². The van der Waals surface area contributed by atoms with Crippen molar-refractivity contribution in [1.29, 1.82) is 5.26 Å². The molecule has 0 unspecified atom stereocenters. The summed E-state index contributed by atoms with van der Waals surface area (Å²) in [5.74, 6) is -4.51. The number of rotatable bonds is 4. The van der Waals surface area contributed by atoms with Crippen molar-refractivity contribution in [3.63, 3.8) is 0 Å². The minimum absolute atomic E-state index is 0.0838. The number of alkyl halides is 2. The van der Waals surface area contributed by atoms with E-state index in [1.165, 1.54) is 14.0 Å². The van der Waals surface area contributed by atoms with Gasteiger partial charge in [-0.05, 0) is 54.9 Å². The van der Waals surface area contributed by atoms with E-state index < -0.39 is 11.8 Å². The van der Waals surface area contributed by atoms with E-state index in [1.54, 1.807) is 54.1 Å². The molecule has 2 aromatic rings. The maximum atomic E-state index is 13.4. The fourth-order valence-corrected chi connectivity index (χ4v) is 3.05. The van der Waals surface area contributed by atoms with Crippen LogP contribution in [0.25, 0.3) is 0 Å². The van der Waals surface area contributed by atoms with Gasteiger partial charge in [0, 0.05) is 18.1 Å². The van der Waals surface area contributed by atoms with Gasteiger partial charge in [-0.25, -0.2) is 4.99 Å². The molecule has 1 aliphatic heterocycles. The fraction of sp³-hybridized carbons (Fsp3) is 0.227. The molecule has 152 valence electrons. The number of nitriles is 1. The quantitative estimate of drug-likeness (QED) is 0.564. The first kappa shape index (κ1) is 21.0. The molecule has 0 aromatic heterocycles. The molecule has 0 atom stereocenters. The number of nitrogens with zero attached hydrogens (tertiary/aromatic N) is 4. The van der Waals surface area contributed by atoms with E-state index in [0.717, 1.165) is 5.56 Å². The van der Waals surface area contributed by atoms with Gasteiger partial charge in [-0.15, -0.1) is 0 Å². The highest BCUT2D eigenvalue weighted by atomic mass is 19.3. The van der Waals surface area contributed by atoms with Crippen LogP contribution in [0.15, 0.2) is 52.6 Å². The largest absolute Gasteiger partial charge is 0.497 e. The second-order valence-electron chi connectivity index (χ2n) is 6.81. The highest BCUT2D eigenvalue weighted by molar-refractivity contribution is 6.47. The van der Waals surface area contributed by atoms with E-state index in [-0.39, 0.29) is 5.71 Å². The average molecular weight is 409 g/mol. The summed E-state index contributed by atoms with van der Waals surface area (Å²) < 4.78 is 33.6. The number of hydrogen-bond donors (Lipinski definition) is 0. The van der Waals surface area contributed by atoms with Crippen LogP contribution >= 0.6 is 0 Å². The SMILES string of the molecule is COc1ccc(/C(C(C)=NC(=O)C(C)(F)F)=[N+]2/N=C(C)c3cc(C#N)ccc32)cc1. The molecule has 0 aliphatic carbocycles. The first-order valence-corrected chi connectivity index (χ1v) is 9.05. The normalized spacial score (nSPS) is 15.2. The summed E-state index contributed by atoms with van der Waals surface area (Å²) in [4.78, 5) is 15.5. The number of benzene rings is 2. The van der Waals surface area contributed by atoms with Crippen molar-refractivity contribution >= 4 is 28.7 Å². The number of carbonyl (C=O) groups is 1. The summed E-state index contributed by atoms with van der Waals surface area (Å²) in [6, 6.07) is 14.0. The number of amides is 1. The molecule has 6 nitrogen and oxygen atoms in total. The van der Waals surface area contributed by atoms with E-state index in [9.17, 15) is 18.8 Å². The van der Waals surface area contributed by atoms with E-state index >= 15 is 0 Å². The second-order valence-corrected chi connectivity index (χ2v) is 6.81. The van der Waals surface area contributed by atoms with Crippen LogP contribution in [0.2, 0.25) is 0 Å². The van der Waals surface area contributed by atoms with Gasteiger partial charge < -0.3 is 4.74 Å². The van der Waals surface area contributed by atoms with Crippen LogP contribution < -0.4 is 4.74 Å². The van der Waals surface area contributed by atoms with Crippen molar-refractivity contribution < 1.29 is 23.0 Å². The summed E-state index contributed by atoms with van der Waals surface area (Å²) in [5, 5.41) is 13.7. The summed E-state index contributed by atoms with van der Waals surface area (Å²) in [6.45, 7) is 3.77. The molecule has 2 aromatic carbocycles. The molecule has 1 aliphatic rings. The molecule has 8 heteroatoms. The Morgan fingerprint density at radius 1 is 1.23 bits per heavy atom. The van der Waals surface area contributed by atoms with Crippen molar-refractivity contribution in [2.24, 2.45) is 10.1 Å². The molecule has 3 rings (SSSR count). The van der Waals surface area contributed by atoms with E-state index in [1.807, 2.05) is 0 Å². The Kier molecular flexibility index (Phi) is 5.56. The first-order chi connectivity index (χ1) is 14.2. The van der Waals surface area contributed by atoms with Crippen LogP contribution in [0.5, 0.6) is 5.75 Å². The number of aliphatic imine (C=N–C) groups is 1. The standard InChI is InChI=1S/C22H19F2N4O2/c1-13-18-11-15(12-25)5-10-19(18)28(27-13)20(14(2)26-21(29)22(3,23)24)16-6-8-17(30-4)9-7-16/h5-11H,1-4H3/q+1/b26-14?,28-20+. The Hall–Kier alpha value is -3.73. The summed E-state index contributed by atoms with van der Waals surface area (Å²) in [5.41, 5.74) is 3.58. The van der Waals surface area contributed by atoms with Gasteiger partial charge in [-0.2, -0.15) is 14.0 Å². The number of carbonyl (C=O) groups excluding carboxylic acids is 1. The lowest BCUT2D eigenvalue weighted by Gasteiger charge is -2.07. The monoisotopic (exact) mass is 409 g/mol. The molecule has 0 saturated heterocycles. The van der Waals surface area contributed by atoms with Crippen molar-refractivity contribution in [3.8, 4) is 11.8 Å². The third-order valence-electron chi connectivity index (χ3n) is 4.56. The van der Waals surface area contributed by atoms with Crippen LogP contribution in [0.4, 0.5) is 14.5 Å². The average Bonchev–Trinajstić information content (AvgIpc) is 3.03. The number of fused-ring (bicyclic) bond motifs is 1. The molecule has 0 spiro atoms. The van der Waals surface area contributed by atoms with Crippen LogP contribution in [-0.4, -0.2) is 40.8 Å². The second kappa shape index (κ2) is 7.95.